The number of para-hydroxylation sites is 1. The number of hydrogen-bond donors (Lipinski definition) is 0. The summed E-state index contributed by atoms with van der Waals surface area (Å²) >= 11 is 0. The van der Waals surface area contributed by atoms with Gasteiger partial charge in [-0.1, -0.05) is 31.0 Å². The van der Waals surface area contributed by atoms with Crippen molar-refractivity contribution < 1.29 is 4.79 Å². The first kappa shape index (κ1) is 12.4. The minimum atomic E-state index is 0.322. The molecule has 0 spiro atoms. The van der Waals surface area contributed by atoms with Gasteiger partial charge >= 0.3 is 0 Å². The fraction of sp³-hybridized carbons (Fsp3) is 0.611. The van der Waals surface area contributed by atoms with Crippen molar-refractivity contribution in [3.63, 3.8) is 0 Å². The van der Waals surface area contributed by atoms with Gasteiger partial charge in [0.2, 0.25) is 5.91 Å². The maximum absolute atomic E-state index is 12.8. The Labute approximate surface area is 121 Å². The van der Waals surface area contributed by atoms with Gasteiger partial charge in [0.1, 0.15) is 0 Å². The minimum Gasteiger partial charge on any atom is -0.309 e. The van der Waals surface area contributed by atoms with Crippen LogP contribution in [0.3, 0.4) is 0 Å². The van der Waals surface area contributed by atoms with Gasteiger partial charge in [-0.2, -0.15) is 0 Å². The summed E-state index contributed by atoms with van der Waals surface area (Å²) in [5, 5.41) is 0. The quantitative estimate of drug-likeness (QED) is 0.800. The highest BCUT2D eigenvalue weighted by molar-refractivity contribution is 5.97. The fourth-order valence-electron chi connectivity index (χ4n) is 3.63. The molecule has 0 unspecified atom stereocenters. The Morgan fingerprint density at radius 1 is 0.950 bits per heavy atom. The zero-order chi connectivity index (χ0) is 13.5. The van der Waals surface area contributed by atoms with E-state index in [1.54, 1.807) is 0 Å². The molecule has 0 radical (unpaired) electrons. The van der Waals surface area contributed by atoms with Crippen molar-refractivity contribution in [2.45, 2.75) is 63.3 Å². The summed E-state index contributed by atoms with van der Waals surface area (Å²) in [5.41, 5.74) is 2.66. The van der Waals surface area contributed by atoms with E-state index in [0.717, 1.165) is 12.8 Å². The normalized spacial score (nSPS) is 23.0. The third kappa shape index (κ3) is 2.25. The second-order valence-electron chi connectivity index (χ2n) is 6.75. The molecule has 106 valence electrons. The largest absolute Gasteiger partial charge is 0.309 e. The molecule has 0 saturated heterocycles. The Balaban J connectivity index is 1.71. The first-order valence-corrected chi connectivity index (χ1v) is 8.26. The van der Waals surface area contributed by atoms with E-state index in [1.807, 2.05) is 0 Å². The molecule has 1 amide bonds. The van der Waals surface area contributed by atoms with Crippen molar-refractivity contribution in [3.8, 4) is 0 Å². The van der Waals surface area contributed by atoms with Crippen LogP contribution in [0.25, 0.3) is 0 Å². The highest BCUT2D eigenvalue weighted by Gasteiger charge is 2.39. The second-order valence-corrected chi connectivity index (χ2v) is 6.75. The first-order valence-electron chi connectivity index (χ1n) is 8.26. The van der Waals surface area contributed by atoms with Crippen molar-refractivity contribution in [1.29, 1.82) is 0 Å². The van der Waals surface area contributed by atoms with Crippen LogP contribution in [0, 0.1) is 5.92 Å². The molecule has 1 aromatic rings. The summed E-state index contributed by atoms with van der Waals surface area (Å²) in [6.07, 6.45) is 9.76. The van der Waals surface area contributed by atoms with Crippen molar-refractivity contribution in [2.75, 3.05) is 4.90 Å². The number of hydrogen-bond acceptors (Lipinski definition) is 1. The van der Waals surface area contributed by atoms with Crippen LogP contribution in [0.1, 0.15) is 62.8 Å². The minimum absolute atomic E-state index is 0.322. The first-order chi connectivity index (χ1) is 9.84. The summed E-state index contributed by atoms with van der Waals surface area (Å²) in [4.78, 5) is 15.0. The molecule has 20 heavy (non-hydrogen) atoms. The zero-order valence-electron chi connectivity index (χ0n) is 12.1. The van der Waals surface area contributed by atoms with Crippen LogP contribution in [0.4, 0.5) is 5.69 Å². The summed E-state index contributed by atoms with van der Waals surface area (Å²) in [7, 11) is 0. The molecule has 3 fully saturated rings. The van der Waals surface area contributed by atoms with Gasteiger partial charge in [0.25, 0.3) is 0 Å². The van der Waals surface area contributed by atoms with Gasteiger partial charge in [-0.25, -0.2) is 0 Å². The Bertz CT molecular complexity index is 510. The molecule has 4 rings (SSSR count). The van der Waals surface area contributed by atoms with Crippen LogP contribution in [0.5, 0.6) is 0 Å². The van der Waals surface area contributed by atoms with E-state index >= 15 is 0 Å². The van der Waals surface area contributed by atoms with Gasteiger partial charge in [0.15, 0.2) is 0 Å². The van der Waals surface area contributed by atoms with Crippen LogP contribution in [0.15, 0.2) is 24.3 Å². The average Bonchev–Trinajstić information content (AvgIpc) is 3.39. The van der Waals surface area contributed by atoms with E-state index in [4.69, 9.17) is 0 Å². The molecule has 1 aromatic carbocycles. The summed E-state index contributed by atoms with van der Waals surface area (Å²) < 4.78 is 0. The van der Waals surface area contributed by atoms with Gasteiger partial charge in [0, 0.05) is 17.6 Å². The van der Waals surface area contributed by atoms with Gasteiger partial charge in [-0.3, -0.25) is 4.79 Å². The van der Waals surface area contributed by atoms with Crippen molar-refractivity contribution in [3.05, 3.63) is 29.8 Å². The molecule has 0 aliphatic heterocycles. The molecular weight excluding hydrogens is 246 g/mol. The Morgan fingerprint density at radius 3 is 2.30 bits per heavy atom. The molecule has 3 aliphatic carbocycles. The lowest BCUT2D eigenvalue weighted by Gasteiger charge is -2.31. The lowest BCUT2D eigenvalue weighted by atomic mass is 10.0. The molecule has 0 bridgehead atoms. The standard InChI is InChI=1S/C18H23NO/c20-18(14-11-12-14)19(15-5-1-2-6-15)17-8-4-3-7-16(17)13-9-10-13/h3-4,7-8,13-15H,1-2,5-6,9-12H2. The predicted octanol–water partition coefficient (Wildman–Crippen LogP) is 4.25. The molecule has 3 aliphatic rings. The third-order valence-electron chi connectivity index (χ3n) is 5.07. The molecule has 0 atom stereocenters. The zero-order valence-corrected chi connectivity index (χ0v) is 12.1. The lowest BCUT2D eigenvalue weighted by Crippen LogP contribution is -2.40. The molecule has 0 aromatic heterocycles. The van der Waals surface area contributed by atoms with Crippen molar-refractivity contribution in [2.24, 2.45) is 5.92 Å². The summed E-state index contributed by atoms with van der Waals surface area (Å²) in [5.74, 6) is 1.44. The van der Waals surface area contributed by atoms with Crippen LogP contribution in [0.2, 0.25) is 0 Å². The molecule has 3 saturated carbocycles. The lowest BCUT2D eigenvalue weighted by molar-refractivity contribution is -0.120. The smallest absolute Gasteiger partial charge is 0.230 e. The Kier molecular flexibility index (Phi) is 3.05. The highest BCUT2D eigenvalue weighted by atomic mass is 16.2. The topological polar surface area (TPSA) is 20.3 Å². The van der Waals surface area contributed by atoms with Gasteiger partial charge < -0.3 is 4.90 Å². The monoisotopic (exact) mass is 269 g/mol. The van der Waals surface area contributed by atoms with E-state index in [0.29, 0.717) is 23.8 Å². The fourth-order valence-corrected chi connectivity index (χ4v) is 3.63. The molecule has 0 N–H and O–H groups in total. The average molecular weight is 269 g/mol. The maximum atomic E-state index is 12.8. The number of rotatable bonds is 4. The third-order valence-corrected chi connectivity index (χ3v) is 5.07. The summed E-state index contributed by atoms with van der Waals surface area (Å²) in [6, 6.07) is 9.12. The van der Waals surface area contributed by atoms with Crippen LogP contribution < -0.4 is 4.90 Å². The second kappa shape index (κ2) is 4.91. The van der Waals surface area contributed by atoms with Crippen LogP contribution in [-0.2, 0) is 4.79 Å². The summed E-state index contributed by atoms with van der Waals surface area (Å²) in [6.45, 7) is 0. The highest BCUT2D eigenvalue weighted by Crippen LogP contribution is 2.46. The van der Waals surface area contributed by atoms with E-state index in [2.05, 4.69) is 29.2 Å². The van der Waals surface area contributed by atoms with Crippen LogP contribution >= 0.6 is 0 Å². The number of carbonyl (C=O) groups is 1. The van der Waals surface area contributed by atoms with Crippen LogP contribution in [-0.4, -0.2) is 11.9 Å². The van der Waals surface area contributed by atoms with Crippen molar-refractivity contribution >= 4 is 11.6 Å². The number of amides is 1. The number of nitrogens with zero attached hydrogens (tertiary/aromatic N) is 1. The van der Waals surface area contributed by atoms with Gasteiger partial charge in [-0.15, -0.1) is 0 Å². The Morgan fingerprint density at radius 2 is 1.65 bits per heavy atom. The van der Waals surface area contributed by atoms with Crippen molar-refractivity contribution in [1.82, 2.24) is 0 Å². The molecule has 2 heteroatoms. The number of carbonyl (C=O) groups excluding carboxylic acids is 1. The van der Waals surface area contributed by atoms with E-state index in [-0.39, 0.29) is 0 Å². The molecule has 0 heterocycles. The van der Waals surface area contributed by atoms with E-state index < -0.39 is 0 Å². The number of benzene rings is 1. The van der Waals surface area contributed by atoms with E-state index in [9.17, 15) is 4.79 Å². The van der Waals surface area contributed by atoms with Gasteiger partial charge in [-0.05, 0) is 56.1 Å². The predicted molar refractivity (Wildman–Crippen MR) is 80.9 cm³/mol. The van der Waals surface area contributed by atoms with Gasteiger partial charge in [0.05, 0.1) is 0 Å². The number of anilines is 1. The van der Waals surface area contributed by atoms with E-state index in [1.165, 1.54) is 49.8 Å². The molecular formula is C18H23NO. The molecule has 2 nitrogen and oxygen atoms in total. The maximum Gasteiger partial charge on any atom is 0.230 e. The SMILES string of the molecule is O=C(C1CC1)N(c1ccccc1C1CC1)C1CCCC1. The Hall–Kier alpha value is -1.31.